The van der Waals surface area contributed by atoms with Crippen LogP contribution in [0.2, 0.25) is 0 Å². The summed E-state index contributed by atoms with van der Waals surface area (Å²) in [5, 5.41) is 13.1. The fourth-order valence-corrected chi connectivity index (χ4v) is 5.14. The Hall–Kier alpha value is -1.39. The third-order valence-corrected chi connectivity index (χ3v) is 6.74. The minimum Gasteiger partial charge on any atom is -0.371 e. The van der Waals surface area contributed by atoms with E-state index in [1.54, 1.807) is 0 Å². The van der Waals surface area contributed by atoms with Crippen LogP contribution in [-0.4, -0.2) is 61.7 Å². The molecule has 0 aromatic heterocycles. The number of halogens is 1. The Labute approximate surface area is 183 Å². The zero-order valence-corrected chi connectivity index (χ0v) is 17.9. The van der Waals surface area contributed by atoms with Crippen LogP contribution in [0.1, 0.15) is 31.2 Å². The van der Waals surface area contributed by atoms with Crippen molar-refractivity contribution in [1.29, 1.82) is 0 Å². The third kappa shape index (κ3) is 5.01. The molecule has 0 aliphatic carbocycles. The summed E-state index contributed by atoms with van der Waals surface area (Å²) in [5.74, 6) is 0.230. The zero-order chi connectivity index (χ0) is 21.0. The largest absolute Gasteiger partial charge is 0.371 e. The predicted molar refractivity (Wildman–Crippen MR) is 116 cm³/mol. The smallest absolute Gasteiger partial charge is 0.116 e. The minimum atomic E-state index is -0.880. The lowest BCUT2D eigenvalue weighted by atomic mass is 9.98. The molecule has 1 aromatic carbocycles. The second kappa shape index (κ2) is 10.0. The number of benzene rings is 1. The Bertz CT molecular complexity index is 738. The van der Waals surface area contributed by atoms with E-state index in [-0.39, 0.29) is 36.7 Å². The molecule has 7 unspecified atom stereocenters. The molecule has 0 saturated carbocycles. The van der Waals surface area contributed by atoms with Crippen LogP contribution < -0.4 is 21.4 Å². The highest BCUT2D eigenvalue weighted by molar-refractivity contribution is 5.13. The summed E-state index contributed by atoms with van der Waals surface area (Å²) in [6.07, 6.45) is 6.76. The molecule has 31 heavy (non-hydrogen) atoms. The first-order chi connectivity index (χ1) is 15.3. The van der Waals surface area contributed by atoms with Crippen molar-refractivity contribution in [2.75, 3.05) is 19.7 Å². The van der Waals surface area contributed by atoms with E-state index < -0.39 is 6.17 Å². The molecule has 1 aromatic rings. The van der Waals surface area contributed by atoms with E-state index in [0.29, 0.717) is 26.2 Å². The molecule has 0 spiro atoms. The molecule has 2 bridgehead atoms. The number of allylic oxidation sites excluding steroid dienone is 1. The summed E-state index contributed by atoms with van der Waals surface area (Å²) in [4.78, 5) is 0. The lowest BCUT2D eigenvalue weighted by molar-refractivity contribution is -0.108. The highest BCUT2D eigenvalue weighted by Gasteiger charge is 2.49. The average Bonchev–Trinajstić information content (AvgIpc) is 3.21. The molecule has 0 radical (unpaired) electrons. The molecule has 4 N–H and O–H groups in total. The van der Waals surface area contributed by atoms with Crippen molar-refractivity contribution >= 4 is 0 Å². The topological polar surface area (TPSA) is 69.8 Å². The summed E-state index contributed by atoms with van der Waals surface area (Å²) < 4.78 is 26.7. The quantitative estimate of drug-likeness (QED) is 0.542. The summed E-state index contributed by atoms with van der Waals surface area (Å²) in [6, 6.07) is 10.3. The van der Waals surface area contributed by atoms with Gasteiger partial charge in [-0.15, -0.1) is 0 Å². The maximum Gasteiger partial charge on any atom is 0.116 e. The lowest BCUT2D eigenvalue weighted by Gasteiger charge is -2.46. The van der Waals surface area contributed by atoms with E-state index in [9.17, 15) is 4.39 Å². The molecule has 3 saturated heterocycles. The second-order valence-electron chi connectivity index (χ2n) is 8.94. The van der Waals surface area contributed by atoms with Crippen LogP contribution in [0.25, 0.3) is 0 Å². The van der Waals surface area contributed by atoms with Crippen LogP contribution in [-0.2, 0) is 16.1 Å². The van der Waals surface area contributed by atoms with Gasteiger partial charge in [0.05, 0.1) is 31.6 Å². The van der Waals surface area contributed by atoms with Crippen molar-refractivity contribution in [3.63, 3.8) is 0 Å². The summed E-state index contributed by atoms with van der Waals surface area (Å²) in [6.45, 7) is 2.25. The Balaban J connectivity index is 1.35. The summed E-state index contributed by atoms with van der Waals surface area (Å²) >= 11 is 0. The molecular weight excluding hydrogens is 397 g/mol. The Morgan fingerprint density at radius 2 is 2.00 bits per heavy atom. The number of hydrazine groups is 1. The van der Waals surface area contributed by atoms with Crippen LogP contribution in [0.4, 0.5) is 4.39 Å². The maximum absolute atomic E-state index is 14.2. The van der Waals surface area contributed by atoms with Crippen LogP contribution in [0.5, 0.6) is 0 Å². The van der Waals surface area contributed by atoms with Gasteiger partial charge in [0.15, 0.2) is 0 Å². The van der Waals surface area contributed by atoms with Gasteiger partial charge in [-0.25, -0.2) is 9.40 Å². The number of hydrogen-bond donors (Lipinski definition) is 4. The third-order valence-electron chi connectivity index (χ3n) is 6.74. The van der Waals surface area contributed by atoms with E-state index in [2.05, 4.69) is 50.7 Å². The fraction of sp³-hybridized carbons (Fsp3) is 0.652. The van der Waals surface area contributed by atoms with Crippen molar-refractivity contribution in [2.24, 2.45) is 5.92 Å². The van der Waals surface area contributed by atoms with Crippen molar-refractivity contribution in [3.05, 3.63) is 48.0 Å². The van der Waals surface area contributed by atoms with Gasteiger partial charge in [0.2, 0.25) is 0 Å². The number of nitrogens with zero attached hydrogens (tertiary/aromatic N) is 1. The van der Waals surface area contributed by atoms with Crippen LogP contribution in [0, 0.1) is 5.92 Å². The number of ether oxygens (including phenoxy) is 2. The maximum atomic E-state index is 14.2. The summed E-state index contributed by atoms with van der Waals surface area (Å²) in [7, 11) is 0. The highest BCUT2D eigenvalue weighted by atomic mass is 19.1. The summed E-state index contributed by atoms with van der Waals surface area (Å²) in [5.41, 5.74) is 4.74. The van der Waals surface area contributed by atoms with E-state index in [4.69, 9.17) is 9.47 Å². The highest BCUT2D eigenvalue weighted by Crippen LogP contribution is 2.29. The lowest BCUT2D eigenvalue weighted by Crippen LogP contribution is -2.70. The van der Waals surface area contributed by atoms with E-state index in [1.807, 2.05) is 18.2 Å². The first-order valence-corrected chi connectivity index (χ1v) is 11.6. The normalized spacial score (nSPS) is 40.2. The molecule has 7 nitrogen and oxygen atoms in total. The molecule has 4 heterocycles. The fourth-order valence-electron chi connectivity index (χ4n) is 5.14. The van der Waals surface area contributed by atoms with E-state index >= 15 is 0 Å². The standard InChI is InChI=1S/C23H34FN5O2/c24-17-12-19-22(25-13-17)29-21-18(14-26-29)23(31-15-16-8-4-3-5-9-16)28-20(27-21)10-6-1-2-7-11-30-19/h2-5,7-9,17-23,25-28H,1,6,10-15H2/b7-2+. The van der Waals surface area contributed by atoms with Crippen molar-refractivity contribution in [3.8, 4) is 0 Å². The van der Waals surface area contributed by atoms with E-state index in [1.165, 1.54) is 5.56 Å². The molecule has 4 aliphatic rings. The second-order valence-corrected chi connectivity index (χ2v) is 8.94. The van der Waals surface area contributed by atoms with Gasteiger partial charge >= 0.3 is 0 Å². The van der Waals surface area contributed by atoms with E-state index in [0.717, 1.165) is 25.8 Å². The molecule has 170 valence electrons. The minimum absolute atomic E-state index is 0.0634. The molecule has 7 atom stereocenters. The number of nitrogens with one attached hydrogen (secondary N) is 4. The van der Waals surface area contributed by atoms with Crippen LogP contribution in [0.15, 0.2) is 42.5 Å². The molecular formula is C23H34FN5O2. The average molecular weight is 432 g/mol. The Morgan fingerprint density at radius 1 is 1.10 bits per heavy atom. The number of alkyl halides is 1. The molecule has 4 aliphatic heterocycles. The van der Waals surface area contributed by atoms with Crippen molar-refractivity contribution in [1.82, 2.24) is 26.4 Å². The van der Waals surface area contributed by atoms with Gasteiger partial charge in [0.1, 0.15) is 18.6 Å². The van der Waals surface area contributed by atoms with Gasteiger partial charge in [0, 0.05) is 25.4 Å². The van der Waals surface area contributed by atoms with Crippen molar-refractivity contribution in [2.45, 2.75) is 69.3 Å². The zero-order valence-electron chi connectivity index (χ0n) is 17.9. The number of hydrogen-bond acceptors (Lipinski definition) is 7. The number of rotatable bonds is 3. The SMILES string of the molecule is FC1CNC2C(C1)OC/C=C/CCCC1NC(OCc3ccccc3)C3CNN2C3N1. The number of piperidine rings is 1. The molecule has 8 heteroatoms. The Morgan fingerprint density at radius 3 is 2.90 bits per heavy atom. The van der Waals surface area contributed by atoms with Gasteiger partial charge in [-0.2, -0.15) is 0 Å². The monoisotopic (exact) mass is 431 g/mol. The molecule has 3 fully saturated rings. The van der Waals surface area contributed by atoms with Gasteiger partial charge in [-0.3, -0.25) is 21.4 Å². The first kappa shape index (κ1) is 21.5. The van der Waals surface area contributed by atoms with Gasteiger partial charge < -0.3 is 9.47 Å². The molecule has 0 amide bonds. The number of fused-ring (bicyclic) bond motifs is 3. The van der Waals surface area contributed by atoms with Crippen LogP contribution >= 0.6 is 0 Å². The first-order valence-electron chi connectivity index (χ1n) is 11.6. The van der Waals surface area contributed by atoms with Crippen molar-refractivity contribution < 1.29 is 13.9 Å². The molecule has 5 rings (SSSR count). The van der Waals surface area contributed by atoms with Crippen LogP contribution in [0.3, 0.4) is 0 Å². The Kier molecular flexibility index (Phi) is 6.95. The van der Waals surface area contributed by atoms with Gasteiger partial charge in [0.25, 0.3) is 0 Å². The predicted octanol–water partition coefficient (Wildman–Crippen LogP) is 1.59. The van der Waals surface area contributed by atoms with Gasteiger partial charge in [-0.05, 0) is 24.8 Å². The van der Waals surface area contributed by atoms with Gasteiger partial charge in [-0.1, -0.05) is 42.5 Å².